The van der Waals surface area contributed by atoms with Crippen LogP contribution in [0, 0.1) is 13.8 Å². The van der Waals surface area contributed by atoms with Gasteiger partial charge in [0.1, 0.15) is 18.4 Å². The number of hydrogen-bond acceptors (Lipinski definition) is 4. The highest BCUT2D eigenvalue weighted by Crippen LogP contribution is 2.30. The molecule has 0 unspecified atom stereocenters. The number of hydrogen-bond donors (Lipinski definition) is 0. The Balaban J connectivity index is 2.11. The van der Waals surface area contributed by atoms with Crippen molar-refractivity contribution in [2.75, 3.05) is 7.11 Å². The van der Waals surface area contributed by atoms with E-state index in [0.717, 1.165) is 39.4 Å². The lowest BCUT2D eigenvalue weighted by molar-refractivity contribution is 0.414. The molecule has 0 aliphatic carbocycles. The number of aromatic nitrogens is 5. The number of methoxy groups -OCH3 is 1. The third-order valence-electron chi connectivity index (χ3n) is 4.09. The highest BCUT2D eigenvalue weighted by atomic mass is 16.5. The molecule has 0 amide bonds. The molecule has 0 aliphatic rings. The van der Waals surface area contributed by atoms with Crippen LogP contribution in [-0.2, 0) is 0 Å². The largest absolute Gasteiger partial charge is 0.497 e. The molecule has 0 aliphatic heterocycles. The van der Waals surface area contributed by atoms with Gasteiger partial charge in [-0.3, -0.25) is 4.57 Å². The Morgan fingerprint density at radius 1 is 1.09 bits per heavy atom. The first kappa shape index (κ1) is 12.8. The molecular formula is C16H15N5O. The van der Waals surface area contributed by atoms with Crippen LogP contribution in [0.15, 0.2) is 36.9 Å². The molecular weight excluding hydrogens is 278 g/mol. The molecule has 3 aromatic heterocycles. The minimum absolute atomic E-state index is 0.819. The van der Waals surface area contributed by atoms with Gasteiger partial charge in [0.25, 0.3) is 0 Å². The zero-order valence-corrected chi connectivity index (χ0v) is 12.6. The first-order valence-electron chi connectivity index (χ1n) is 7.01. The van der Waals surface area contributed by atoms with Gasteiger partial charge in [0, 0.05) is 11.8 Å². The molecule has 0 radical (unpaired) electrons. The lowest BCUT2D eigenvalue weighted by Gasteiger charge is -2.09. The molecule has 1 aromatic carbocycles. The van der Waals surface area contributed by atoms with Gasteiger partial charge in [-0.1, -0.05) is 6.07 Å². The number of aryl methyl sites for hydroxylation is 1. The second-order valence-corrected chi connectivity index (χ2v) is 5.22. The van der Waals surface area contributed by atoms with Crippen molar-refractivity contribution >= 4 is 16.7 Å². The van der Waals surface area contributed by atoms with Crippen LogP contribution in [-0.4, -0.2) is 31.3 Å². The van der Waals surface area contributed by atoms with Crippen molar-refractivity contribution in [1.82, 2.24) is 24.1 Å². The maximum atomic E-state index is 5.33. The zero-order valence-electron chi connectivity index (χ0n) is 12.6. The fraction of sp³-hybridized carbons (Fsp3) is 0.188. The van der Waals surface area contributed by atoms with Gasteiger partial charge in [0.2, 0.25) is 0 Å². The molecule has 0 fully saturated rings. The Morgan fingerprint density at radius 2 is 1.95 bits per heavy atom. The highest BCUT2D eigenvalue weighted by Gasteiger charge is 2.17. The van der Waals surface area contributed by atoms with Gasteiger partial charge in [-0.2, -0.15) is 5.10 Å². The molecule has 3 heterocycles. The van der Waals surface area contributed by atoms with Crippen LogP contribution in [0.4, 0.5) is 0 Å². The number of benzene rings is 1. The normalized spacial score (nSPS) is 11.4. The molecule has 0 N–H and O–H groups in total. The topological polar surface area (TPSA) is 57.2 Å². The molecule has 0 atom stereocenters. The van der Waals surface area contributed by atoms with Crippen molar-refractivity contribution in [3.63, 3.8) is 0 Å². The smallest absolute Gasteiger partial charge is 0.168 e. The maximum absolute atomic E-state index is 5.33. The first-order chi connectivity index (χ1) is 10.7. The van der Waals surface area contributed by atoms with E-state index in [-0.39, 0.29) is 0 Å². The van der Waals surface area contributed by atoms with Crippen molar-refractivity contribution in [2.45, 2.75) is 13.8 Å². The van der Waals surface area contributed by atoms with Gasteiger partial charge >= 0.3 is 0 Å². The van der Waals surface area contributed by atoms with Crippen LogP contribution in [0.3, 0.4) is 0 Å². The Morgan fingerprint density at radius 3 is 2.77 bits per heavy atom. The van der Waals surface area contributed by atoms with Crippen molar-refractivity contribution in [3.8, 4) is 11.4 Å². The molecule has 0 bridgehead atoms. The van der Waals surface area contributed by atoms with E-state index >= 15 is 0 Å². The summed E-state index contributed by atoms with van der Waals surface area (Å²) >= 11 is 0. The Labute approximate surface area is 127 Å². The van der Waals surface area contributed by atoms with Gasteiger partial charge in [0.15, 0.2) is 11.3 Å². The van der Waals surface area contributed by atoms with E-state index in [2.05, 4.69) is 33.5 Å². The Hall–Kier alpha value is -2.89. The third kappa shape index (κ3) is 1.64. The summed E-state index contributed by atoms with van der Waals surface area (Å²) in [5, 5.41) is 5.19. The minimum atomic E-state index is 0.819. The quantitative estimate of drug-likeness (QED) is 0.570. The van der Waals surface area contributed by atoms with E-state index in [1.165, 1.54) is 0 Å². The number of rotatable bonds is 2. The van der Waals surface area contributed by atoms with Crippen LogP contribution >= 0.6 is 0 Å². The van der Waals surface area contributed by atoms with Crippen LogP contribution in [0.25, 0.3) is 22.4 Å². The fourth-order valence-corrected chi connectivity index (χ4v) is 2.87. The van der Waals surface area contributed by atoms with E-state index in [1.54, 1.807) is 24.3 Å². The molecule has 6 nitrogen and oxygen atoms in total. The van der Waals surface area contributed by atoms with E-state index in [0.29, 0.717) is 0 Å². The van der Waals surface area contributed by atoms with Crippen molar-refractivity contribution in [1.29, 1.82) is 0 Å². The second kappa shape index (κ2) is 4.56. The van der Waals surface area contributed by atoms with Crippen molar-refractivity contribution in [3.05, 3.63) is 48.2 Å². The average Bonchev–Trinajstić information content (AvgIpc) is 3.11. The molecule has 0 saturated heterocycles. The van der Waals surface area contributed by atoms with Crippen LogP contribution in [0.1, 0.15) is 11.3 Å². The monoisotopic (exact) mass is 293 g/mol. The third-order valence-corrected chi connectivity index (χ3v) is 4.09. The van der Waals surface area contributed by atoms with Gasteiger partial charge in [-0.25, -0.2) is 14.5 Å². The average molecular weight is 293 g/mol. The van der Waals surface area contributed by atoms with Crippen LogP contribution in [0.2, 0.25) is 0 Å². The fourth-order valence-electron chi connectivity index (χ4n) is 2.87. The van der Waals surface area contributed by atoms with Gasteiger partial charge in [-0.15, -0.1) is 0 Å². The van der Waals surface area contributed by atoms with E-state index < -0.39 is 0 Å². The molecule has 22 heavy (non-hydrogen) atoms. The summed E-state index contributed by atoms with van der Waals surface area (Å²) in [4.78, 5) is 8.94. The summed E-state index contributed by atoms with van der Waals surface area (Å²) in [7, 11) is 1.67. The standard InChI is InChI=1S/C16H15N5O/c1-10-11(2)21(12-5-4-6-13(7-12)22-3)16-14(10)15-17-8-19-20(15)9-18-16/h4-9H,1-3H3. The minimum Gasteiger partial charge on any atom is -0.497 e. The van der Waals surface area contributed by atoms with E-state index in [4.69, 9.17) is 4.74 Å². The lowest BCUT2D eigenvalue weighted by atomic mass is 10.2. The zero-order chi connectivity index (χ0) is 15.3. The molecule has 0 saturated carbocycles. The molecule has 4 rings (SSSR count). The van der Waals surface area contributed by atoms with Crippen molar-refractivity contribution < 1.29 is 4.74 Å². The number of nitrogens with zero attached hydrogens (tertiary/aromatic N) is 5. The maximum Gasteiger partial charge on any atom is 0.168 e. The van der Waals surface area contributed by atoms with E-state index in [1.807, 2.05) is 24.3 Å². The van der Waals surface area contributed by atoms with E-state index in [9.17, 15) is 0 Å². The van der Waals surface area contributed by atoms with Gasteiger partial charge in [0.05, 0.1) is 18.2 Å². The summed E-state index contributed by atoms with van der Waals surface area (Å²) in [6.07, 6.45) is 3.24. The first-order valence-corrected chi connectivity index (χ1v) is 7.01. The number of fused-ring (bicyclic) bond motifs is 3. The second-order valence-electron chi connectivity index (χ2n) is 5.22. The van der Waals surface area contributed by atoms with Crippen LogP contribution in [0.5, 0.6) is 5.75 Å². The highest BCUT2D eigenvalue weighted by molar-refractivity contribution is 5.94. The van der Waals surface area contributed by atoms with Crippen molar-refractivity contribution in [2.24, 2.45) is 0 Å². The molecule has 0 spiro atoms. The summed E-state index contributed by atoms with van der Waals surface area (Å²) in [6.45, 7) is 4.17. The van der Waals surface area contributed by atoms with Gasteiger partial charge in [-0.05, 0) is 31.5 Å². The summed E-state index contributed by atoms with van der Waals surface area (Å²) in [6, 6.07) is 7.96. The summed E-state index contributed by atoms with van der Waals surface area (Å²) in [5.41, 5.74) is 5.01. The summed E-state index contributed by atoms with van der Waals surface area (Å²) in [5.74, 6) is 0.819. The molecule has 4 aromatic rings. The van der Waals surface area contributed by atoms with Crippen LogP contribution < -0.4 is 4.74 Å². The molecule has 110 valence electrons. The predicted octanol–water partition coefficient (Wildman–Crippen LogP) is 2.69. The SMILES string of the molecule is COc1cccc(-n2c(C)c(C)c3c2ncn2ncnc32)c1. The Bertz CT molecular complexity index is 999. The summed E-state index contributed by atoms with van der Waals surface area (Å²) < 4.78 is 9.16. The number of ether oxygens (including phenoxy) is 1. The lowest BCUT2D eigenvalue weighted by Crippen LogP contribution is -1.99. The predicted molar refractivity (Wildman–Crippen MR) is 83.6 cm³/mol. The van der Waals surface area contributed by atoms with Gasteiger partial charge < -0.3 is 4.74 Å². The molecule has 6 heteroatoms. The Kier molecular flexibility index (Phi) is 2.66.